The molecule has 2 aromatic carbocycles. The third-order valence-corrected chi connectivity index (χ3v) is 3.86. The fraction of sp³-hybridized carbons (Fsp3) is 0.100. The number of carbonyl (C=O) groups excluding carboxylic acids is 1. The molecule has 3 rings (SSSR count). The van der Waals surface area contributed by atoms with Gasteiger partial charge in [0.25, 0.3) is 5.91 Å². The Morgan fingerprint density at radius 3 is 2.92 bits per heavy atom. The highest BCUT2D eigenvalue weighted by Gasteiger charge is 2.14. The van der Waals surface area contributed by atoms with Crippen LogP contribution in [-0.4, -0.2) is 24.0 Å². The fourth-order valence-corrected chi connectivity index (χ4v) is 2.55. The van der Waals surface area contributed by atoms with Gasteiger partial charge in [-0.05, 0) is 30.3 Å². The number of nitrogens with one attached hydrogen (secondary N) is 1. The van der Waals surface area contributed by atoms with Crippen molar-refractivity contribution in [1.29, 1.82) is 0 Å². The van der Waals surface area contributed by atoms with Crippen LogP contribution in [0.25, 0.3) is 10.9 Å². The van der Waals surface area contributed by atoms with Crippen LogP contribution in [0, 0.1) is 17.7 Å². The molecule has 0 aliphatic carbocycles. The summed E-state index contributed by atoms with van der Waals surface area (Å²) in [5.41, 5.74) is 0.655. The van der Waals surface area contributed by atoms with E-state index in [9.17, 15) is 9.18 Å². The highest BCUT2D eigenvalue weighted by atomic mass is 35.5. The summed E-state index contributed by atoms with van der Waals surface area (Å²) in [6.07, 6.45) is 1.72. The smallest absolute Gasteiger partial charge is 0.256 e. The van der Waals surface area contributed by atoms with Crippen molar-refractivity contribution in [3.63, 3.8) is 0 Å². The number of benzene rings is 2. The number of ether oxygens (including phenoxy) is 1. The Bertz CT molecular complexity index is 991. The maximum absolute atomic E-state index is 13.6. The van der Waals surface area contributed by atoms with Crippen molar-refractivity contribution in [2.75, 3.05) is 13.2 Å². The van der Waals surface area contributed by atoms with Crippen molar-refractivity contribution in [3.05, 3.63) is 71.1 Å². The Labute approximate surface area is 155 Å². The molecule has 0 atom stereocenters. The van der Waals surface area contributed by atoms with E-state index in [0.717, 1.165) is 10.9 Å². The number of pyridine rings is 1. The van der Waals surface area contributed by atoms with Gasteiger partial charge in [0.05, 0.1) is 22.6 Å². The lowest BCUT2D eigenvalue weighted by Crippen LogP contribution is -2.25. The number of fused-ring (bicyclic) bond motifs is 1. The summed E-state index contributed by atoms with van der Waals surface area (Å²) in [6.45, 7) is 0.223. The third-order valence-electron chi connectivity index (χ3n) is 3.54. The lowest BCUT2D eigenvalue weighted by molar-refractivity contribution is 0.0955. The minimum absolute atomic E-state index is 0.0590. The first kappa shape index (κ1) is 17.7. The van der Waals surface area contributed by atoms with Crippen molar-refractivity contribution < 1.29 is 13.9 Å². The zero-order valence-corrected chi connectivity index (χ0v) is 14.4. The van der Waals surface area contributed by atoms with Gasteiger partial charge < -0.3 is 10.1 Å². The number of nitrogens with zero attached hydrogens (tertiary/aromatic N) is 1. The average molecular weight is 369 g/mol. The summed E-state index contributed by atoms with van der Waals surface area (Å²) >= 11 is 5.83. The largest absolute Gasteiger partial charge is 0.481 e. The van der Waals surface area contributed by atoms with E-state index in [1.807, 2.05) is 30.3 Å². The van der Waals surface area contributed by atoms with Crippen LogP contribution in [0.1, 0.15) is 10.4 Å². The molecular formula is C20H14ClFN2O2. The maximum atomic E-state index is 13.6. The molecule has 0 spiro atoms. The Morgan fingerprint density at radius 1 is 1.19 bits per heavy atom. The number of hydrogen-bond acceptors (Lipinski definition) is 3. The SMILES string of the molecule is O=C(NCC#CCOc1ccc2cccnc2c1)c1c(F)cccc1Cl. The van der Waals surface area contributed by atoms with E-state index < -0.39 is 11.7 Å². The van der Waals surface area contributed by atoms with Gasteiger partial charge in [-0.15, -0.1) is 0 Å². The van der Waals surface area contributed by atoms with E-state index in [0.29, 0.717) is 5.75 Å². The van der Waals surface area contributed by atoms with Crippen LogP contribution in [0.15, 0.2) is 54.7 Å². The molecule has 0 saturated carbocycles. The van der Waals surface area contributed by atoms with Gasteiger partial charge in [-0.25, -0.2) is 4.39 Å². The predicted molar refractivity (Wildman–Crippen MR) is 98.8 cm³/mol. The minimum Gasteiger partial charge on any atom is -0.481 e. The van der Waals surface area contributed by atoms with Gasteiger partial charge in [0.15, 0.2) is 0 Å². The van der Waals surface area contributed by atoms with E-state index in [-0.39, 0.29) is 23.7 Å². The molecule has 0 bridgehead atoms. The summed E-state index contributed by atoms with van der Waals surface area (Å²) in [5, 5.41) is 3.59. The molecule has 6 heteroatoms. The number of rotatable bonds is 4. The van der Waals surface area contributed by atoms with E-state index in [2.05, 4.69) is 22.1 Å². The van der Waals surface area contributed by atoms with Gasteiger partial charge in [0.2, 0.25) is 0 Å². The molecule has 0 saturated heterocycles. The Balaban J connectivity index is 1.50. The first-order valence-electron chi connectivity index (χ1n) is 7.80. The van der Waals surface area contributed by atoms with Crippen LogP contribution >= 0.6 is 11.6 Å². The summed E-state index contributed by atoms with van der Waals surface area (Å²) in [7, 11) is 0. The van der Waals surface area contributed by atoms with E-state index in [1.54, 1.807) is 6.20 Å². The predicted octanol–water partition coefficient (Wildman–Crippen LogP) is 3.84. The van der Waals surface area contributed by atoms with Gasteiger partial charge >= 0.3 is 0 Å². The van der Waals surface area contributed by atoms with Crippen molar-refractivity contribution in [3.8, 4) is 17.6 Å². The second-order valence-electron chi connectivity index (χ2n) is 5.28. The Kier molecular flexibility index (Phi) is 5.67. The van der Waals surface area contributed by atoms with Gasteiger partial charge in [-0.3, -0.25) is 9.78 Å². The Hall–Kier alpha value is -3.10. The quantitative estimate of drug-likeness (QED) is 0.712. The number of halogens is 2. The topological polar surface area (TPSA) is 51.2 Å². The number of carbonyl (C=O) groups is 1. The molecule has 0 fully saturated rings. The standard InChI is InChI=1S/C20H14ClFN2O2/c21-16-6-3-7-17(22)19(16)20(25)24-10-1-2-12-26-15-9-8-14-5-4-11-23-18(14)13-15/h3-9,11,13H,10,12H2,(H,24,25). The summed E-state index contributed by atoms with van der Waals surface area (Å²) in [5.74, 6) is 4.91. The van der Waals surface area contributed by atoms with Crippen LogP contribution in [0.4, 0.5) is 4.39 Å². The van der Waals surface area contributed by atoms with Gasteiger partial charge in [-0.1, -0.05) is 35.6 Å². The molecule has 0 aliphatic heterocycles. The number of hydrogen-bond donors (Lipinski definition) is 1. The second-order valence-corrected chi connectivity index (χ2v) is 5.69. The van der Waals surface area contributed by atoms with Crippen LogP contribution < -0.4 is 10.1 Å². The molecule has 1 heterocycles. The van der Waals surface area contributed by atoms with Gasteiger partial charge in [-0.2, -0.15) is 0 Å². The number of amides is 1. The van der Waals surface area contributed by atoms with Crippen molar-refractivity contribution in [1.82, 2.24) is 10.3 Å². The number of aromatic nitrogens is 1. The zero-order valence-electron chi connectivity index (χ0n) is 13.6. The van der Waals surface area contributed by atoms with Gasteiger partial charge in [0, 0.05) is 17.6 Å². The van der Waals surface area contributed by atoms with Crippen molar-refractivity contribution >= 4 is 28.4 Å². The van der Waals surface area contributed by atoms with E-state index >= 15 is 0 Å². The van der Waals surface area contributed by atoms with Crippen LogP contribution in [0.3, 0.4) is 0 Å². The van der Waals surface area contributed by atoms with Crippen LogP contribution in [0.5, 0.6) is 5.75 Å². The fourth-order valence-electron chi connectivity index (χ4n) is 2.30. The first-order chi connectivity index (χ1) is 12.6. The second kappa shape index (κ2) is 8.32. The third kappa shape index (κ3) is 4.29. The lowest BCUT2D eigenvalue weighted by atomic mass is 10.2. The van der Waals surface area contributed by atoms with Crippen LogP contribution in [0.2, 0.25) is 5.02 Å². The zero-order chi connectivity index (χ0) is 18.4. The molecule has 0 radical (unpaired) electrons. The minimum atomic E-state index is -0.670. The normalized spacial score (nSPS) is 10.1. The van der Waals surface area contributed by atoms with Crippen LogP contribution in [-0.2, 0) is 0 Å². The average Bonchev–Trinajstić information content (AvgIpc) is 2.64. The molecule has 1 amide bonds. The summed E-state index contributed by atoms with van der Waals surface area (Å²) in [4.78, 5) is 16.2. The first-order valence-corrected chi connectivity index (χ1v) is 8.18. The summed E-state index contributed by atoms with van der Waals surface area (Å²) < 4.78 is 19.2. The monoisotopic (exact) mass is 368 g/mol. The molecule has 3 aromatic rings. The molecule has 4 nitrogen and oxygen atoms in total. The molecule has 1 N–H and O–H groups in total. The molecular weight excluding hydrogens is 355 g/mol. The van der Waals surface area contributed by atoms with E-state index in [4.69, 9.17) is 16.3 Å². The molecule has 0 unspecified atom stereocenters. The van der Waals surface area contributed by atoms with E-state index in [1.165, 1.54) is 18.2 Å². The van der Waals surface area contributed by atoms with Gasteiger partial charge in [0.1, 0.15) is 18.2 Å². The Morgan fingerprint density at radius 2 is 2.08 bits per heavy atom. The summed E-state index contributed by atoms with van der Waals surface area (Å²) in [6, 6.07) is 13.5. The molecule has 0 aliphatic rings. The molecule has 1 aromatic heterocycles. The van der Waals surface area contributed by atoms with Crippen molar-refractivity contribution in [2.24, 2.45) is 0 Å². The lowest BCUT2D eigenvalue weighted by Gasteiger charge is -2.05. The molecule has 26 heavy (non-hydrogen) atoms. The highest BCUT2D eigenvalue weighted by molar-refractivity contribution is 6.33. The highest BCUT2D eigenvalue weighted by Crippen LogP contribution is 2.19. The maximum Gasteiger partial charge on any atom is 0.256 e. The van der Waals surface area contributed by atoms with Crippen molar-refractivity contribution in [2.45, 2.75) is 0 Å². The molecule has 130 valence electrons.